The maximum absolute atomic E-state index is 12.9. The van der Waals surface area contributed by atoms with Crippen molar-refractivity contribution in [1.82, 2.24) is 9.97 Å². The molecule has 0 bridgehead atoms. The number of carbonyl (C=O) groups excluding carboxylic acids is 2. The summed E-state index contributed by atoms with van der Waals surface area (Å²) in [5.74, 6) is -0.496. The van der Waals surface area contributed by atoms with Gasteiger partial charge in [-0.05, 0) is 55.3 Å². The number of benzene rings is 2. The highest BCUT2D eigenvalue weighted by Gasteiger charge is 2.31. The summed E-state index contributed by atoms with van der Waals surface area (Å²) in [5.41, 5.74) is 1.40. The van der Waals surface area contributed by atoms with Crippen LogP contribution in [0.2, 0.25) is 0 Å². The van der Waals surface area contributed by atoms with Crippen LogP contribution in [0.3, 0.4) is 0 Å². The summed E-state index contributed by atoms with van der Waals surface area (Å²) in [6.45, 7) is 0. The molecule has 2 amide bonds. The number of hydrogen-bond donors (Lipinski definition) is 2. The van der Waals surface area contributed by atoms with Gasteiger partial charge in [-0.25, -0.2) is 9.97 Å². The molecule has 0 radical (unpaired) electrons. The van der Waals surface area contributed by atoms with Gasteiger partial charge in [0.05, 0.1) is 11.3 Å². The second kappa shape index (κ2) is 8.53. The minimum absolute atomic E-state index is 0.0289. The van der Waals surface area contributed by atoms with Crippen molar-refractivity contribution in [3.8, 4) is 11.3 Å². The number of fused-ring (bicyclic) bond motifs is 1. The predicted molar refractivity (Wildman–Crippen MR) is 124 cm³/mol. The molecule has 2 heterocycles. The number of nitrogens with zero attached hydrogens (tertiary/aromatic N) is 2. The Hall–Kier alpha value is -3.79. The third-order valence-corrected chi connectivity index (χ3v) is 6.18. The van der Waals surface area contributed by atoms with Crippen LogP contribution in [0.15, 0.2) is 60.7 Å². The smallest absolute Gasteiger partial charge is 0.322 e. The van der Waals surface area contributed by atoms with Crippen molar-refractivity contribution in [3.63, 3.8) is 0 Å². The lowest BCUT2D eigenvalue weighted by atomic mass is 10.1. The van der Waals surface area contributed by atoms with Gasteiger partial charge in [-0.3, -0.25) is 9.59 Å². The van der Waals surface area contributed by atoms with E-state index in [1.807, 2.05) is 0 Å². The molecule has 1 aliphatic rings. The topological polar surface area (TPSA) is 84.0 Å². The maximum Gasteiger partial charge on any atom is 0.416 e. The Morgan fingerprint density at radius 1 is 0.941 bits per heavy atom. The molecule has 1 aliphatic carbocycles. The molecule has 10 heteroatoms. The van der Waals surface area contributed by atoms with E-state index in [0.717, 1.165) is 25.0 Å². The lowest BCUT2D eigenvalue weighted by Crippen LogP contribution is -2.13. The van der Waals surface area contributed by atoms with E-state index in [1.165, 1.54) is 23.5 Å². The molecular formula is C24H17F3N4O2S. The number of alkyl halides is 3. The number of halogens is 3. The van der Waals surface area contributed by atoms with Gasteiger partial charge in [0, 0.05) is 22.7 Å². The third kappa shape index (κ3) is 4.76. The summed E-state index contributed by atoms with van der Waals surface area (Å²) in [7, 11) is 0. The highest BCUT2D eigenvalue weighted by atomic mass is 32.1. The average Bonchev–Trinajstić information content (AvgIpc) is 3.59. The lowest BCUT2D eigenvalue weighted by Gasteiger charge is -2.10. The molecule has 172 valence electrons. The van der Waals surface area contributed by atoms with Gasteiger partial charge < -0.3 is 10.6 Å². The number of carbonyl (C=O) groups is 2. The van der Waals surface area contributed by atoms with Crippen LogP contribution in [0.5, 0.6) is 0 Å². The second-order valence-corrected chi connectivity index (χ2v) is 8.89. The molecule has 1 saturated carbocycles. The van der Waals surface area contributed by atoms with E-state index in [-0.39, 0.29) is 23.1 Å². The van der Waals surface area contributed by atoms with Crippen molar-refractivity contribution < 1.29 is 22.8 Å². The van der Waals surface area contributed by atoms with Gasteiger partial charge in [0.15, 0.2) is 5.13 Å². The maximum atomic E-state index is 12.9. The fourth-order valence-corrected chi connectivity index (χ4v) is 4.22. The second-order valence-electron chi connectivity index (χ2n) is 7.92. The van der Waals surface area contributed by atoms with Gasteiger partial charge in [0.1, 0.15) is 10.3 Å². The fraction of sp³-hybridized carbons (Fsp3) is 0.167. The van der Waals surface area contributed by atoms with E-state index in [9.17, 15) is 22.8 Å². The monoisotopic (exact) mass is 482 g/mol. The van der Waals surface area contributed by atoms with Gasteiger partial charge in [-0.15, -0.1) is 0 Å². The molecule has 0 atom stereocenters. The Labute approximate surface area is 195 Å². The third-order valence-electron chi connectivity index (χ3n) is 5.30. The zero-order valence-corrected chi connectivity index (χ0v) is 18.3. The number of hydrogen-bond acceptors (Lipinski definition) is 5. The van der Waals surface area contributed by atoms with Crippen LogP contribution in [-0.2, 0) is 11.0 Å². The van der Waals surface area contributed by atoms with Crippen molar-refractivity contribution >= 4 is 44.3 Å². The van der Waals surface area contributed by atoms with Crippen LogP contribution < -0.4 is 10.6 Å². The van der Waals surface area contributed by atoms with Crippen LogP contribution in [0, 0.1) is 5.92 Å². The van der Waals surface area contributed by atoms with Gasteiger partial charge in [0.25, 0.3) is 5.91 Å². The zero-order chi connectivity index (χ0) is 23.9. The summed E-state index contributed by atoms with van der Waals surface area (Å²) in [6, 6.07) is 14.7. The van der Waals surface area contributed by atoms with Gasteiger partial charge >= 0.3 is 6.18 Å². The highest BCUT2D eigenvalue weighted by Crippen LogP contribution is 2.33. The van der Waals surface area contributed by atoms with E-state index in [0.29, 0.717) is 26.7 Å². The predicted octanol–water partition coefficient (Wildman–Crippen LogP) is 5.98. The van der Waals surface area contributed by atoms with E-state index in [1.54, 1.807) is 36.4 Å². The number of aromatic nitrogens is 2. The van der Waals surface area contributed by atoms with E-state index in [2.05, 4.69) is 20.6 Å². The first-order chi connectivity index (χ1) is 16.3. The van der Waals surface area contributed by atoms with Crippen LogP contribution in [0.25, 0.3) is 21.6 Å². The summed E-state index contributed by atoms with van der Waals surface area (Å²) >= 11 is 1.27. The van der Waals surface area contributed by atoms with E-state index < -0.39 is 17.6 Å². The normalized spacial score (nSPS) is 13.6. The number of rotatable bonds is 5. The van der Waals surface area contributed by atoms with E-state index >= 15 is 0 Å². The minimum atomic E-state index is -4.50. The van der Waals surface area contributed by atoms with Crippen molar-refractivity contribution in [2.45, 2.75) is 19.0 Å². The van der Waals surface area contributed by atoms with Crippen LogP contribution >= 0.6 is 11.3 Å². The molecule has 0 unspecified atom stereocenters. The Morgan fingerprint density at radius 3 is 2.50 bits per heavy atom. The molecule has 0 spiro atoms. The molecule has 2 aromatic heterocycles. The quantitative estimate of drug-likeness (QED) is 0.367. The van der Waals surface area contributed by atoms with E-state index in [4.69, 9.17) is 0 Å². The molecule has 1 fully saturated rings. The number of nitrogens with one attached hydrogen (secondary N) is 2. The highest BCUT2D eigenvalue weighted by molar-refractivity contribution is 7.22. The molecule has 2 N–H and O–H groups in total. The first-order valence-electron chi connectivity index (χ1n) is 10.4. The Balaban J connectivity index is 1.36. The largest absolute Gasteiger partial charge is 0.416 e. The molecule has 0 aliphatic heterocycles. The molecule has 4 aromatic rings. The van der Waals surface area contributed by atoms with Crippen LogP contribution in [0.4, 0.5) is 24.0 Å². The molecular weight excluding hydrogens is 465 g/mol. The molecule has 5 rings (SSSR count). The number of amides is 2. The van der Waals surface area contributed by atoms with Gasteiger partial charge in [-0.2, -0.15) is 13.2 Å². The molecule has 34 heavy (non-hydrogen) atoms. The Kier molecular flexibility index (Phi) is 5.52. The standard InChI is InChI=1S/C24H17F3N4O2S/c25-24(26,27)16-5-2-6-17(12-16)28-21(33)15-4-1-3-14(11-15)18-9-10-19-22(29-18)34-23(30-19)31-20(32)13-7-8-13/h1-6,9-13H,7-8H2,(H,28,33)(H,30,31,32). The van der Waals surface area contributed by atoms with Crippen molar-refractivity contribution in [2.24, 2.45) is 5.92 Å². The first kappa shape index (κ1) is 22.0. The SMILES string of the molecule is O=C(Nc1cccc(C(F)(F)F)c1)c1cccc(-c2ccc3nc(NC(=O)C4CC4)sc3n2)c1. The summed E-state index contributed by atoms with van der Waals surface area (Å²) in [6.07, 6.45) is -2.70. The van der Waals surface area contributed by atoms with Crippen LogP contribution in [-0.4, -0.2) is 21.8 Å². The lowest BCUT2D eigenvalue weighted by molar-refractivity contribution is -0.137. The number of pyridine rings is 1. The van der Waals surface area contributed by atoms with Crippen molar-refractivity contribution in [3.05, 3.63) is 71.8 Å². The minimum Gasteiger partial charge on any atom is -0.322 e. The number of thiazole rings is 1. The molecule has 6 nitrogen and oxygen atoms in total. The summed E-state index contributed by atoms with van der Waals surface area (Å²) in [5, 5.41) is 5.82. The average molecular weight is 482 g/mol. The zero-order valence-electron chi connectivity index (χ0n) is 17.5. The van der Waals surface area contributed by atoms with Crippen molar-refractivity contribution in [1.29, 1.82) is 0 Å². The Bertz CT molecular complexity index is 1410. The fourth-order valence-electron chi connectivity index (χ4n) is 3.38. The summed E-state index contributed by atoms with van der Waals surface area (Å²) < 4.78 is 38.8. The molecule has 0 saturated heterocycles. The Morgan fingerprint density at radius 2 is 1.74 bits per heavy atom. The van der Waals surface area contributed by atoms with Crippen LogP contribution in [0.1, 0.15) is 28.8 Å². The summed E-state index contributed by atoms with van der Waals surface area (Å²) in [4.78, 5) is 34.3. The van der Waals surface area contributed by atoms with Gasteiger partial charge in [0.2, 0.25) is 5.91 Å². The molecule has 2 aromatic carbocycles. The first-order valence-corrected chi connectivity index (χ1v) is 11.3. The van der Waals surface area contributed by atoms with Gasteiger partial charge in [-0.1, -0.05) is 29.5 Å². The van der Waals surface area contributed by atoms with Crippen molar-refractivity contribution in [2.75, 3.05) is 10.6 Å². The number of anilines is 2.